The Labute approximate surface area is 120 Å². The Morgan fingerprint density at radius 1 is 1.05 bits per heavy atom. The summed E-state index contributed by atoms with van der Waals surface area (Å²) in [5.74, 6) is 0. The number of benzene rings is 1. The van der Waals surface area contributed by atoms with Crippen LogP contribution in [-0.4, -0.2) is 15.0 Å². The normalized spacial score (nSPS) is 11.9. The topological polar surface area (TPSA) is 30.7 Å². The van der Waals surface area contributed by atoms with Gasteiger partial charge in [-0.2, -0.15) is 18.3 Å². The fourth-order valence-corrected chi connectivity index (χ4v) is 2.13. The monoisotopic (exact) mass is 329 g/mol. The Bertz CT molecular complexity index is 594. The number of aryl methyl sites for hydroxylation is 1. The van der Waals surface area contributed by atoms with Gasteiger partial charge in [-0.3, -0.25) is 0 Å². The van der Waals surface area contributed by atoms with Gasteiger partial charge in [0.2, 0.25) is 0 Å². The summed E-state index contributed by atoms with van der Waals surface area (Å²) in [5, 5.41) is 7.42. The Kier molecular flexibility index (Phi) is 3.68. The van der Waals surface area contributed by atoms with Crippen molar-refractivity contribution in [3.8, 4) is 5.69 Å². The Hall–Kier alpha value is -0.980. The van der Waals surface area contributed by atoms with Crippen LogP contribution in [0.1, 0.15) is 11.3 Å². The number of rotatable bonds is 1. The lowest BCUT2D eigenvalue weighted by molar-refractivity contribution is -0.137. The van der Waals surface area contributed by atoms with Crippen LogP contribution in [0, 0.1) is 6.92 Å². The quantitative estimate of drug-likeness (QED) is 0.767. The van der Waals surface area contributed by atoms with Gasteiger partial charge in [0.1, 0.15) is 5.69 Å². The maximum atomic E-state index is 12.6. The first kappa shape index (κ1) is 14.4. The van der Waals surface area contributed by atoms with Crippen molar-refractivity contribution < 1.29 is 13.2 Å². The molecule has 0 atom stereocenters. The first-order valence-corrected chi connectivity index (χ1v) is 5.99. The zero-order valence-electron chi connectivity index (χ0n) is 9.26. The molecule has 0 spiro atoms. The fourth-order valence-electron chi connectivity index (χ4n) is 1.38. The van der Waals surface area contributed by atoms with E-state index in [-0.39, 0.29) is 20.9 Å². The van der Waals surface area contributed by atoms with Crippen molar-refractivity contribution >= 4 is 34.8 Å². The molecule has 0 radical (unpaired) electrons. The highest BCUT2D eigenvalue weighted by Crippen LogP contribution is 2.37. The summed E-state index contributed by atoms with van der Waals surface area (Å²) >= 11 is 17.3. The summed E-state index contributed by atoms with van der Waals surface area (Å²) in [6.07, 6.45) is -4.53. The molecule has 19 heavy (non-hydrogen) atoms. The third kappa shape index (κ3) is 2.80. The van der Waals surface area contributed by atoms with Crippen molar-refractivity contribution in [2.45, 2.75) is 13.1 Å². The van der Waals surface area contributed by atoms with E-state index in [1.54, 1.807) is 6.92 Å². The third-order valence-corrected chi connectivity index (χ3v) is 3.20. The van der Waals surface area contributed by atoms with E-state index in [0.717, 1.165) is 16.9 Å². The number of aromatic nitrogens is 3. The van der Waals surface area contributed by atoms with E-state index < -0.39 is 11.7 Å². The summed E-state index contributed by atoms with van der Waals surface area (Å²) in [7, 11) is 0. The standard InChI is InChI=1S/C10H5Cl3F3N3/c1-4-9(13)18-19(17-4)8-6(11)2-5(3-7(8)12)10(14,15)16/h2-3H,1H3. The highest BCUT2D eigenvalue weighted by Gasteiger charge is 2.32. The number of hydrogen-bond donors (Lipinski definition) is 0. The zero-order valence-corrected chi connectivity index (χ0v) is 11.5. The Morgan fingerprint density at radius 3 is 1.95 bits per heavy atom. The van der Waals surface area contributed by atoms with E-state index in [4.69, 9.17) is 34.8 Å². The first-order chi connectivity index (χ1) is 8.70. The molecular weight excluding hydrogens is 325 g/mol. The average Bonchev–Trinajstić information content (AvgIpc) is 2.56. The minimum Gasteiger partial charge on any atom is -0.166 e. The molecule has 0 fully saturated rings. The highest BCUT2D eigenvalue weighted by atomic mass is 35.5. The van der Waals surface area contributed by atoms with Crippen molar-refractivity contribution in [3.05, 3.63) is 38.6 Å². The summed E-state index contributed by atoms with van der Waals surface area (Å²) in [6, 6.07) is 1.52. The van der Waals surface area contributed by atoms with Crippen LogP contribution in [0.3, 0.4) is 0 Å². The number of hydrogen-bond acceptors (Lipinski definition) is 2. The third-order valence-electron chi connectivity index (χ3n) is 2.27. The van der Waals surface area contributed by atoms with E-state index in [2.05, 4.69) is 10.2 Å². The van der Waals surface area contributed by atoms with Gasteiger partial charge in [0, 0.05) is 0 Å². The second kappa shape index (κ2) is 4.85. The van der Waals surface area contributed by atoms with Crippen molar-refractivity contribution in [2.75, 3.05) is 0 Å². The lowest BCUT2D eigenvalue weighted by Crippen LogP contribution is -2.07. The molecule has 0 N–H and O–H groups in total. The fraction of sp³-hybridized carbons (Fsp3) is 0.200. The van der Waals surface area contributed by atoms with Crippen LogP contribution in [0.15, 0.2) is 12.1 Å². The van der Waals surface area contributed by atoms with Crippen molar-refractivity contribution in [1.82, 2.24) is 15.0 Å². The van der Waals surface area contributed by atoms with Crippen LogP contribution < -0.4 is 0 Å². The molecule has 0 aliphatic carbocycles. The van der Waals surface area contributed by atoms with Gasteiger partial charge >= 0.3 is 6.18 Å². The van der Waals surface area contributed by atoms with Gasteiger partial charge in [0.05, 0.1) is 21.3 Å². The molecular formula is C10H5Cl3F3N3. The molecule has 3 nitrogen and oxygen atoms in total. The summed E-state index contributed by atoms with van der Waals surface area (Å²) in [6.45, 7) is 1.59. The smallest absolute Gasteiger partial charge is 0.166 e. The minimum absolute atomic E-state index is 0.0475. The van der Waals surface area contributed by atoms with Crippen molar-refractivity contribution in [2.24, 2.45) is 0 Å². The average molecular weight is 331 g/mol. The Morgan fingerprint density at radius 2 is 1.58 bits per heavy atom. The molecule has 1 aromatic heterocycles. The number of nitrogens with zero attached hydrogens (tertiary/aromatic N) is 3. The molecule has 0 amide bonds. The molecule has 0 saturated heterocycles. The lowest BCUT2D eigenvalue weighted by Gasteiger charge is -2.11. The number of alkyl halides is 3. The van der Waals surface area contributed by atoms with E-state index >= 15 is 0 Å². The van der Waals surface area contributed by atoms with Crippen LogP contribution in [0.25, 0.3) is 5.69 Å². The molecule has 1 aromatic carbocycles. The maximum absolute atomic E-state index is 12.6. The minimum atomic E-state index is -4.53. The molecule has 9 heteroatoms. The van der Waals surface area contributed by atoms with E-state index in [1.165, 1.54) is 0 Å². The summed E-state index contributed by atoms with van der Waals surface area (Å²) in [5.41, 5.74) is -0.485. The Balaban J connectivity index is 2.60. The molecule has 0 aliphatic heterocycles. The second-order valence-electron chi connectivity index (χ2n) is 3.65. The van der Waals surface area contributed by atoms with Crippen LogP contribution >= 0.6 is 34.8 Å². The van der Waals surface area contributed by atoms with Gasteiger partial charge in [0.25, 0.3) is 0 Å². The van der Waals surface area contributed by atoms with Gasteiger partial charge in [-0.05, 0) is 19.1 Å². The molecule has 2 aromatic rings. The molecule has 2 rings (SSSR count). The predicted molar refractivity (Wildman–Crippen MR) is 66.1 cm³/mol. The van der Waals surface area contributed by atoms with Crippen LogP contribution in [-0.2, 0) is 6.18 Å². The van der Waals surface area contributed by atoms with Gasteiger partial charge in [-0.15, -0.1) is 9.90 Å². The van der Waals surface area contributed by atoms with Crippen molar-refractivity contribution in [1.29, 1.82) is 0 Å². The summed E-state index contributed by atoms with van der Waals surface area (Å²) < 4.78 is 37.7. The van der Waals surface area contributed by atoms with E-state index in [9.17, 15) is 13.2 Å². The van der Waals surface area contributed by atoms with E-state index in [0.29, 0.717) is 5.69 Å². The molecule has 0 aliphatic rings. The molecule has 102 valence electrons. The van der Waals surface area contributed by atoms with Crippen LogP contribution in [0.5, 0.6) is 0 Å². The molecule has 0 unspecified atom stereocenters. The highest BCUT2D eigenvalue weighted by molar-refractivity contribution is 6.37. The number of halogens is 6. The zero-order chi connectivity index (χ0) is 14.4. The molecule has 0 bridgehead atoms. The first-order valence-electron chi connectivity index (χ1n) is 4.86. The van der Waals surface area contributed by atoms with Crippen LogP contribution in [0.4, 0.5) is 13.2 Å². The van der Waals surface area contributed by atoms with Gasteiger partial charge in [-0.25, -0.2) is 0 Å². The van der Waals surface area contributed by atoms with Crippen LogP contribution in [0.2, 0.25) is 15.2 Å². The second-order valence-corrected chi connectivity index (χ2v) is 4.82. The maximum Gasteiger partial charge on any atom is 0.416 e. The summed E-state index contributed by atoms with van der Waals surface area (Å²) in [4.78, 5) is 1.00. The largest absolute Gasteiger partial charge is 0.416 e. The van der Waals surface area contributed by atoms with Crippen molar-refractivity contribution in [3.63, 3.8) is 0 Å². The van der Waals surface area contributed by atoms with E-state index in [1.807, 2.05) is 0 Å². The molecule has 1 heterocycles. The lowest BCUT2D eigenvalue weighted by atomic mass is 10.2. The van der Waals surface area contributed by atoms with Gasteiger partial charge < -0.3 is 0 Å². The molecule has 0 saturated carbocycles. The van der Waals surface area contributed by atoms with Gasteiger partial charge in [0.15, 0.2) is 5.15 Å². The SMILES string of the molecule is Cc1nn(-c2c(Cl)cc(C(F)(F)F)cc2Cl)nc1Cl. The predicted octanol–water partition coefficient (Wildman–Crippen LogP) is 4.55. The van der Waals surface area contributed by atoms with Gasteiger partial charge in [-0.1, -0.05) is 34.8 Å².